The summed E-state index contributed by atoms with van der Waals surface area (Å²) in [5.41, 5.74) is 4.32. The van der Waals surface area contributed by atoms with Crippen LogP contribution in [0.15, 0.2) is 48.7 Å². The number of likely N-dealkylation sites (N-methyl/N-ethyl adjacent to an activating group) is 1. The number of ether oxygens (including phenoxy) is 1. The van der Waals surface area contributed by atoms with E-state index in [1.54, 1.807) is 9.42 Å². The van der Waals surface area contributed by atoms with Gasteiger partial charge in [0, 0.05) is 55.7 Å². The molecule has 4 heterocycles. The Morgan fingerprint density at radius 1 is 1.25 bits per heavy atom. The molecule has 0 aliphatic carbocycles. The van der Waals surface area contributed by atoms with Crippen molar-refractivity contribution in [3.8, 4) is 0 Å². The zero-order valence-electron chi connectivity index (χ0n) is 20.6. The highest BCUT2D eigenvalue weighted by Crippen LogP contribution is 2.27. The number of nitrogens with one attached hydrogen (secondary N) is 2. The standard InChI is InChI=1S/C26H31N7O3/c1-3-36-26(35)32-15-11-18(12-16-32)22-5-4-14-33-23(22)29-25(30-33)28-20-8-6-19(7-9-20)24(34)31(2)21-10-13-27-17-21/h4-9,11,14,21,27H,3,10,12-13,15-17H2,1-2H3,(H,28,30). The van der Waals surface area contributed by atoms with Crippen LogP contribution in [0, 0.1) is 0 Å². The molecule has 10 nitrogen and oxygen atoms in total. The van der Waals surface area contributed by atoms with Crippen LogP contribution in [0.4, 0.5) is 16.4 Å². The van der Waals surface area contributed by atoms with Crippen LogP contribution in [-0.4, -0.2) is 82.3 Å². The summed E-state index contributed by atoms with van der Waals surface area (Å²) in [7, 11) is 1.86. The molecule has 1 fully saturated rings. The zero-order chi connectivity index (χ0) is 25.1. The van der Waals surface area contributed by atoms with Gasteiger partial charge in [-0.15, -0.1) is 5.10 Å². The molecule has 1 saturated heterocycles. The minimum Gasteiger partial charge on any atom is -0.450 e. The zero-order valence-corrected chi connectivity index (χ0v) is 20.6. The molecule has 188 valence electrons. The maximum atomic E-state index is 12.8. The van der Waals surface area contributed by atoms with Crippen molar-refractivity contribution in [2.75, 3.05) is 45.2 Å². The number of pyridine rings is 1. The molecule has 2 aromatic heterocycles. The Kier molecular flexibility index (Phi) is 6.86. The highest BCUT2D eigenvalue weighted by Gasteiger charge is 2.24. The van der Waals surface area contributed by atoms with Gasteiger partial charge in [-0.1, -0.05) is 6.08 Å². The van der Waals surface area contributed by atoms with Gasteiger partial charge in [0.15, 0.2) is 5.65 Å². The molecule has 2 aliphatic heterocycles. The fraction of sp³-hybridized carbons (Fsp3) is 0.385. The molecule has 10 heteroatoms. The summed E-state index contributed by atoms with van der Waals surface area (Å²) in [6.07, 6.45) is 5.32. The molecule has 1 aromatic carbocycles. The van der Waals surface area contributed by atoms with E-state index in [1.165, 1.54) is 0 Å². The monoisotopic (exact) mass is 489 g/mol. The van der Waals surface area contributed by atoms with E-state index in [9.17, 15) is 9.59 Å². The lowest BCUT2D eigenvalue weighted by Crippen LogP contribution is -2.38. The van der Waals surface area contributed by atoms with Gasteiger partial charge in [-0.2, -0.15) is 4.98 Å². The van der Waals surface area contributed by atoms with Gasteiger partial charge >= 0.3 is 6.09 Å². The Balaban J connectivity index is 1.29. The van der Waals surface area contributed by atoms with Crippen molar-refractivity contribution in [2.24, 2.45) is 0 Å². The van der Waals surface area contributed by atoms with E-state index in [1.807, 2.05) is 67.5 Å². The summed E-state index contributed by atoms with van der Waals surface area (Å²) in [6, 6.07) is 11.6. The van der Waals surface area contributed by atoms with E-state index in [2.05, 4.69) is 15.7 Å². The van der Waals surface area contributed by atoms with Gasteiger partial charge in [-0.05, 0) is 68.3 Å². The van der Waals surface area contributed by atoms with Crippen molar-refractivity contribution in [2.45, 2.75) is 25.8 Å². The summed E-state index contributed by atoms with van der Waals surface area (Å²) in [6.45, 7) is 5.07. The van der Waals surface area contributed by atoms with Gasteiger partial charge in [0.25, 0.3) is 5.91 Å². The van der Waals surface area contributed by atoms with Gasteiger partial charge in [-0.3, -0.25) is 4.79 Å². The molecule has 5 rings (SSSR count). The number of carbonyl (C=O) groups is 2. The summed E-state index contributed by atoms with van der Waals surface area (Å²) in [5, 5.41) is 11.1. The molecule has 2 amide bonds. The summed E-state index contributed by atoms with van der Waals surface area (Å²) >= 11 is 0. The summed E-state index contributed by atoms with van der Waals surface area (Å²) < 4.78 is 6.86. The fourth-order valence-electron chi connectivity index (χ4n) is 4.67. The lowest BCUT2D eigenvalue weighted by atomic mass is 10.0. The number of aromatic nitrogens is 3. The second-order valence-corrected chi connectivity index (χ2v) is 9.01. The quantitative estimate of drug-likeness (QED) is 0.548. The van der Waals surface area contributed by atoms with Crippen molar-refractivity contribution in [1.29, 1.82) is 0 Å². The van der Waals surface area contributed by atoms with Crippen LogP contribution in [-0.2, 0) is 4.74 Å². The van der Waals surface area contributed by atoms with Gasteiger partial charge in [0.1, 0.15) is 0 Å². The average Bonchev–Trinajstić information content (AvgIpc) is 3.58. The largest absolute Gasteiger partial charge is 0.450 e. The van der Waals surface area contributed by atoms with Crippen molar-refractivity contribution in [3.63, 3.8) is 0 Å². The Bertz CT molecular complexity index is 1280. The molecular weight excluding hydrogens is 458 g/mol. The Morgan fingerprint density at radius 3 is 2.78 bits per heavy atom. The molecule has 36 heavy (non-hydrogen) atoms. The van der Waals surface area contributed by atoms with Gasteiger partial charge < -0.3 is 25.2 Å². The van der Waals surface area contributed by atoms with Crippen molar-refractivity contribution < 1.29 is 14.3 Å². The van der Waals surface area contributed by atoms with Crippen LogP contribution in [0.2, 0.25) is 0 Å². The number of nitrogens with zero attached hydrogens (tertiary/aromatic N) is 5. The summed E-state index contributed by atoms with van der Waals surface area (Å²) in [4.78, 5) is 33.0. The van der Waals surface area contributed by atoms with Gasteiger partial charge in [-0.25, -0.2) is 9.31 Å². The van der Waals surface area contributed by atoms with E-state index >= 15 is 0 Å². The number of rotatable bonds is 6. The minimum absolute atomic E-state index is 0.0213. The van der Waals surface area contributed by atoms with E-state index in [0.29, 0.717) is 31.2 Å². The molecule has 0 bridgehead atoms. The first-order valence-corrected chi connectivity index (χ1v) is 12.3. The Morgan fingerprint density at radius 2 is 2.08 bits per heavy atom. The number of fused-ring (bicyclic) bond motifs is 1. The first-order chi connectivity index (χ1) is 17.5. The lowest BCUT2D eigenvalue weighted by Gasteiger charge is -2.25. The van der Waals surface area contributed by atoms with E-state index in [4.69, 9.17) is 9.72 Å². The number of carbonyl (C=O) groups excluding carboxylic acids is 2. The van der Waals surface area contributed by atoms with Crippen LogP contribution < -0.4 is 10.6 Å². The highest BCUT2D eigenvalue weighted by molar-refractivity contribution is 5.94. The van der Waals surface area contributed by atoms with E-state index in [0.717, 1.165) is 48.4 Å². The van der Waals surface area contributed by atoms with Crippen molar-refractivity contribution >= 4 is 34.9 Å². The van der Waals surface area contributed by atoms with Crippen LogP contribution in [0.1, 0.15) is 35.7 Å². The third-order valence-electron chi connectivity index (χ3n) is 6.73. The molecule has 0 radical (unpaired) electrons. The third kappa shape index (κ3) is 4.90. The number of anilines is 2. The fourth-order valence-corrected chi connectivity index (χ4v) is 4.67. The Hall–Kier alpha value is -3.92. The van der Waals surface area contributed by atoms with Gasteiger partial charge in [0.2, 0.25) is 5.95 Å². The molecule has 1 unspecified atom stereocenters. The van der Waals surface area contributed by atoms with Crippen LogP contribution >= 0.6 is 0 Å². The first kappa shape index (κ1) is 23.8. The molecule has 1 atom stereocenters. The van der Waals surface area contributed by atoms with Crippen molar-refractivity contribution in [1.82, 2.24) is 29.7 Å². The number of amides is 2. The minimum atomic E-state index is -0.283. The maximum absolute atomic E-state index is 12.8. The predicted molar refractivity (Wildman–Crippen MR) is 137 cm³/mol. The lowest BCUT2D eigenvalue weighted by molar-refractivity contribution is 0.0743. The molecule has 0 saturated carbocycles. The molecule has 0 spiro atoms. The van der Waals surface area contributed by atoms with Gasteiger partial charge in [0.05, 0.1) is 6.61 Å². The molecular formula is C26H31N7O3. The summed E-state index contributed by atoms with van der Waals surface area (Å²) in [5.74, 6) is 0.494. The number of hydrogen-bond donors (Lipinski definition) is 2. The first-order valence-electron chi connectivity index (χ1n) is 12.3. The molecule has 3 aromatic rings. The van der Waals surface area contributed by atoms with Crippen LogP contribution in [0.25, 0.3) is 11.2 Å². The van der Waals surface area contributed by atoms with E-state index < -0.39 is 0 Å². The predicted octanol–water partition coefficient (Wildman–Crippen LogP) is 3.15. The third-order valence-corrected chi connectivity index (χ3v) is 6.73. The normalized spacial score (nSPS) is 17.7. The number of hydrogen-bond acceptors (Lipinski definition) is 7. The SMILES string of the molecule is CCOC(=O)N1CC=C(c2cccn3nc(Nc4ccc(C(=O)N(C)C5CCNC5)cc4)nc23)CC1. The highest BCUT2D eigenvalue weighted by atomic mass is 16.6. The van der Waals surface area contributed by atoms with E-state index in [-0.39, 0.29) is 18.0 Å². The topological polar surface area (TPSA) is 104 Å². The molecule has 2 N–H and O–H groups in total. The smallest absolute Gasteiger partial charge is 0.410 e. The molecule has 2 aliphatic rings. The van der Waals surface area contributed by atoms with Crippen molar-refractivity contribution in [3.05, 3.63) is 59.8 Å². The van der Waals surface area contributed by atoms with Crippen LogP contribution in [0.3, 0.4) is 0 Å². The second kappa shape index (κ2) is 10.4. The Labute approximate surface area is 209 Å². The second-order valence-electron chi connectivity index (χ2n) is 9.01. The number of benzene rings is 1. The average molecular weight is 490 g/mol. The maximum Gasteiger partial charge on any atom is 0.410 e. The van der Waals surface area contributed by atoms with Crippen LogP contribution in [0.5, 0.6) is 0 Å².